The van der Waals surface area contributed by atoms with Crippen molar-refractivity contribution in [2.45, 2.75) is 60.3 Å². The summed E-state index contributed by atoms with van der Waals surface area (Å²) in [5.74, 6) is 0.547. The van der Waals surface area contributed by atoms with Crippen LogP contribution in [-0.2, 0) is 24.9 Å². The van der Waals surface area contributed by atoms with Crippen LogP contribution < -0.4 is 0 Å². The number of allylic oxidation sites excluding steroid dienone is 2. The molecule has 0 saturated carbocycles. The number of pyridine rings is 2. The molecule has 36 heavy (non-hydrogen) atoms. The molecule has 0 spiro atoms. The Kier molecular flexibility index (Phi) is 9.27. The van der Waals surface area contributed by atoms with Crippen LogP contribution in [0.5, 0.6) is 0 Å². The monoisotopic (exact) mass is 660 g/mol. The van der Waals surface area contributed by atoms with E-state index in [1.807, 2.05) is 33.9 Å². The number of hydrogen-bond donors (Lipinski definition) is 1. The number of hydrogen-bond acceptors (Lipinski definition) is 3. The first-order chi connectivity index (χ1) is 16.9. The summed E-state index contributed by atoms with van der Waals surface area (Å²) in [7, 11) is 0. The molecule has 191 valence electrons. The van der Waals surface area contributed by atoms with Crippen LogP contribution in [-0.4, -0.2) is 20.3 Å². The zero-order valence-corrected chi connectivity index (χ0v) is 24.2. The molecule has 2 aromatic carbocycles. The third-order valence-electron chi connectivity index (χ3n) is 7.30. The van der Waals surface area contributed by atoms with Crippen LogP contribution in [0.1, 0.15) is 58.9 Å². The maximum Gasteiger partial charge on any atom is 0.162 e. The molecule has 0 bridgehead atoms. The Morgan fingerprint density at radius 2 is 1.56 bits per heavy atom. The summed E-state index contributed by atoms with van der Waals surface area (Å²) in [4.78, 5) is 16.3. The number of carbonyl (C=O) groups is 1. The normalized spacial score (nSPS) is 12.0. The molecule has 0 amide bonds. The third kappa shape index (κ3) is 5.05. The molecular weight excluding hydrogens is 625 g/mol. The maximum atomic E-state index is 11.7. The van der Waals surface area contributed by atoms with Gasteiger partial charge in [0.1, 0.15) is 0 Å². The van der Waals surface area contributed by atoms with E-state index in [1.54, 1.807) is 0 Å². The second-order valence-electron chi connectivity index (χ2n) is 9.31. The summed E-state index contributed by atoms with van der Waals surface area (Å²) >= 11 is 0. The van der Waals surface area contributed by atoms with Crippen LogP contribution in [0.2, 0.25) is 0 Å². The molecule has 0 fully saturated rings. The van der Waals surface area contributed by atoms with Crippen LogP contribution in [0, 0.1) is 25.0 Å². The predicted octanol–water partition coefficient (Wildman–Crippen LogP) is 8.21. The summed E-state index contributed by atoms with van der Waals surface area (Å²) in [5.41, 5.74) is 3.40. The summed E-state index contributed by atoms with van der Waals surface area (Å²) in [5, 5.41) is 16.0. The molecule has 0 unspecified atom stereocenters. The van der Waals surface area contributed by atoms with E-state index in [1.165, 1.54) is 44.1 Å². The Balaban J connectivity index is 0.000000206. The molecule has 3 heterocycles. The standard InChI is InChI=1S/C18H11N2.C13H24O2.Ir/c1-11-10-20-17-13(11)5-3-7-15(17)14-6-2-4-12-8-9-19-18(20)16(12)14;1-5-10(6-2)12(14)9-13(15)11(7-3)8-4;/h2-9H,1H3;9-11,14H,5-8H2,1-4H3;/q-1;;/b;12-9-;. The number of aryl methyl sites for hydroxylation is 1. The summed E-state index contributed by atoms with van der Waals surface area (Å²) in [6.45, 7) is 10.2. The van der Waals surface area contributed by atoms with Gasteiger partial charge in [0.15, 0.2) is 5.78 Å². The largest absolute Gasteiger partial charge is 0.512 e. The van der Waals surface area contributed by atoms with E-state index in [2.05, 4.69) is 65.0 Å². The van der Waals surface area contributed by atoms with Crippen LogP contribution in [0.25, 0.3) is 38.1 Å². The Morgan fingerprint density at radius 3 is 2.22 bits per heavy atom. The number of rotatable bonds is 7. The quantitative estimate of drug-likeness (QED) is 0.0630. The Morgan fingerprint density at radius 1 is 0.944 bits per heavy atom. The molecule has 0 aliphatic carbocycles. The van der Waals surface area contributed by atoms with Crippen LogP contribution >= 0.6 is 0 Å². The van der Waals surface area contributed by atoms with Gasteiger partial charge in [-0.2, -0.15) is 0 Å². The van der Waals surface area contributed by atoms with Crippen molar-refractivity contribution >= 4 is 43.9 Å². The van der Waals surface area contributed by atoms with Gasteiger partial charge in [0.2, 0.25) is 0 Å². The van der Waals surface area contributed by atoms with E-state index < -0.39 is 0 Å². The van der Waals surface area contributed by atoms with Gasteiger partial charge in [0, 0.05) is 44.2 Å². The van der Waals surface area contributed by atoms with Crippen LogP contribution in [0.4, 0.5) is 0 Å². The van der Waals surface area contributed by atoms with E-state index in [0.29, 0.717) is 0 Å². The van der Waals surface area contributed by atoms with Crippen molar-refractivity contribution in [3.63, 3.8) is 0 Å². The van der Waals surface area contributed by atoms with E-state index in [4.69, 9.17) is 0 Å². The molecule has 0 aliphatic rings. The second kappa shape index (κ2) is 12.0. The number of para-hydroxylation sites is 1. The van der Waals surface area contributed by atoms with Gasteiger partial charge in [0.25, 0.3) is 0 Å². The number of carbonyl (C=O) groups excluding carboxylic acids is 1. The molecule has 4 nitrogen and oxygen atoms in total. The van der Waals surface area contributed by atoms with Gasteiger partial charge in [-0.05, 0) is 53.3 Å². The molecule has 0 saturated heterocycles. The Labute approximate surface area is 227 Å². The number of benzene rings is 2. The molecule has 0 atom stereocenters. The van der Waals surface area contributed by atoms with Gasteiger partial charge >= 0.3 is 0 Å². The average molecular weight is 660 g/mol. The van der Waals surface area contributed by atoms with E-state index in [-0.39, 0.29) is 43.5 Å². The smallest absolute Gasteiger partial charge is 0.162 e. The topological polar surface area (TPSA) is 54.6 Å². The summed E-state index contributed by atoms with van der Waals surface area (Å²) < 4.78 is 2.12. The number of aliphatic hydroxyl groups excluding tert-OH is 1. The minimum Gasteiger partial charge on any atom is -0.512 e. The van der Waals surface area contributed by atoms with Crippen molar-refractivity contribution in [1.82, 2.24) is 9.38 Å². The average Bonchev–Trinajstić information content (AvgIpc) is 3.21. The van der Waals surface area contributed by atoms with Crippen molar-refractivity contribution in [3.05, 3.63) is 72.3 Å². The first kappa shape index (κ1) is 27.8. The fourth-order valence-corrected chi connectivity index (χ4v) is 5.13. The molecule has 1 radical (unpaired) electrons. The molecule has 3 aromatic heterocycles. The molecule has 5 heteroatoms. The SMILES string of the molecule is CCC(CC)C(=O)/C=C(\O)C(CC)CC.Cc1[c-]n2c3nccc4cccc(c5cccc1c52)c43.[Ir]. The van der Waals surface area contributed by atoms with Crippen LogP contribution in [0.15, 0.2) is 60.5 Å². The van der Waals surface area contributed by atoms with Gasteiger partial charge in [-0.15, -0.1) is 17.0 Å². The first-order valence-electron chi connectivity index (χ1n) is 12.8. The van der Waals surface area contributed by atoms with E-state index in [9.17, 15) is 9.90 Å². The Bertz CT molecular complexity index is 1490. The summed E-state index contributed by atoms with van der Waals surface area (Å²) in [6, 6.07) is 15.0. The fraction of sp³-hybridized carbons (Fsp3) is 0.355. The second-order valence-corrected chi connectivity index (χ2v) is 9.31. The predicted molar refractivity (Wildman–Crippen MR) is 146 cm³/mol. The van der Waals surface area contributed by atoms with E-state index >= 15 is 0 Å². The van der Waals surface area contributed by atoms with Gasteiger partial charge in [0.05, 0.1) is 11.4 Å². The molecule has 5 rings (SSSR count). The van der Waals surface area contributed by atoms with Crippen molar-refractivity contribution < 1.29 is 30.0 Å². The maximum absolute atomic E-state index is 11.7. The van der Waals surface area contributed by atoms with Gasteiger partial charge in [-0.25, -0.2) is 0 Å². The fourth-order valence-electron chi connectivity index (χ4n) is 5.13. The number of aliphatic hydroxyl groups is 1. The minimum absolute atomic E-state index is 0. The molecule has 1 N–H and O–H groups in total. The zero-order valence-electron chi connectivity index (χ0n) is 21.8. The number of ketones is 1. The van der Waals surface area contributed by atoms with Crippen molar-refractivity contribution in [2.24, 2.45) is 11.8 Å². The van der Waals surface area contributed by atoms with Crippen molar-refractivity contribution in [3.8, 4) is 0 Å². The van der Waals surface area contributed by atoms with Gasteiger partial charge in [-0.3, -0.25) is 9.78 Å². The van der Waals surface area contributed by atoms with Crippen LogP contribution in [0.3, 0.4) is 0 Å². The van der Waals surface area contributed by atoms with E-state index in [0.717, 1.165) is 31.3 Å². The first-order valence-corrected chi connectivity index (χ1v) is 12.8. The summed E-state index contributed by atoms with van der Waals surface area (Å²) in [6.07, 6.45) is 10.2. The van der Waals surface area contributed by atoms with Gasteiger partial charge < -0.3 is 9.51 Å². The zero-order chi connectivity index (χ0) is 25.1. The molecular formula is C31H35IrN2O2-. The molecule has 0 aliphatic heterocycles. The molecule has 5 aromatic rings. The number of nitrogens with zero attached hydrogens (tertiary/aromatic N) is 2. The van der Waals surface area contributed by atoms with Crippen molar-refractivity contribution in [2.75, 3.05) is 0 Å². The number of aromatic nitrogens is 2. The van der Waals surface area contributed by atoms with Crippen molar-refractivity contribution in [1.29, 1.82) is 0 Å². The number of fused-ring (bicyclic) bond motifs is 2. The Hall–Kier alpha value is -2.75. The third-order valence-corrected chi connectivity index (χ3v) is 7.30. The van der Waals surface area contributed by atoms with Gasteiger partial charge in [-0.1, -0.05) is 76.7 Å². The minimum atomic E-state index is 0.